The van der Waals surface area contributed by atoms with E-state index in [4.69, 9.17) is 4.74 Å². The Hall–Kier alpha value is -2.37. The number of amides is 2. The van der Waals surface area contributed by atoms with Crippen molar-refractivity contribution < 1.29 is 14.3 Å². The largest absolute Gasteiger partial charge is 0.497 e. The van der Waals surface area contributed by atoms with Crippen LogP contribution in [0.3, 0.4) is 0 Å². The Labute approximate surface area is 111 Å². The average Bonchev–Trinajstić information content (AvgIpc) is 2.42. The predicted octanol–water partition coefficient (Wildman–Crippen LogP) is 0.823. The summed E-state index contributed by atoms with van der Waals surface area (Å²) in [5.41, 5.74) is 3.69. The molecule has 0 fully saturated rings. The molecule has 0 heterocycles. The molecule has 1 aromatic rings. The highest BCUT2D eigenvalue weighted by molar-refractivity contribution is 6.35. The van der Waals surface area contributed by atoms with Gasteiger partial charge in [0.25, 0.3) is 0 Å². The summed E-state index contributed by atoms with van der Waals surface area (Å²) in [7, 11) is 1.58. The predicted molar refractivity (Wildman–Crippen MR) is 71.8 cm³/mol. The first-order chi connectivity index (χ1) is 9.02. The number of carbonyl (C=O) groups is 2. The van der Waals surface area contributed by atoms with Crippen LogP contribution in [0.25, 0.3) is 0 Å². The fourth-order valence-electron chi connectivity index (χ4n) is 1.22. The number of benzene rings is 1. The van der Waals surface area contributed by atoms with Crippen LogP contribution in [-0.4, -0.2) is 24.6 Å². The molecule has 6 heteroatoms. The lowest BCUT2D eigenvalue weighted by Crippen LogP contribution is -2.37. The second kappa shape index (κ2) is 7.15. The Morgan fingerprint density at radius 1 is 1.16 bits per heavy atom. The normalized spacial score (nSPS) is 9.42. The van der Waals surface area contributed by atoms with Gasteiger partial charge >= 0.3 is 11.8 Å². The second-order valence-electron chi connectivity index (χ2n) is 4.03. The summed E-state index contributed by atoms with van der Waals surface area (Å²) < 4.78 is 5.02. The molecule has 0 aromatic heterocycles. The SMILES string of the molecule is COc1ccc(CNC(=O)C(=O)NN=C(C)C)cc1. The number of hydrogen-bond acceptors (Lipinski definition) is 4. The van der Waals surface area contributed by atoms with Gasteiger partial charge in [0.1, 0.15) is 5.75 Å². The van der Waals surface area contributed by atoms with Crippen LogP contribution in [0.5, 0.6) is 5.75 Å². The Bertz CT molecular complexity index is 476. The topological polar surface area (TPSA) is 79.8 Å². The molecule has 102 valence electrons. The van der Waals surface area contributed by atoms with Gasteiger partial charge in [-0.2, -0.15) is 5.10 Å². The number of rotatable bonds is 4. The van der Waals surface area contributed by atoms with E-state index >= 15 is 0 Å². The fraction of sp³-hybridized carbons (Fsp3) is 0.308. The van der Waals surface area contributed by atoms with Crippen molar-refractivity contribution in [3.8, 4) is 5.75 Å². The van der Waals surface area contributed by atoms with Crippen molar-refractivity contribution >= 4 is 17.5 Å². The number of hydrogen-bond donors (Lipinski definition) is 2. The molecule has 0 radical (unpaired) electrons. The minimum Gasteiger partial charge on any atom is -0.497 e. The van der Waals surface area contributed by atoms with E-state index in [0.29, 0.717) is 5.71 Å². The van der Waals surface area contributed by atoms with Crippen LogP contribution in [0.4, 0.5) is 0 Å². The lowest BCUT2D eigenvalue weighted by molar-refractivity contribution is -0.139. The van der Waals surface area contributed by atoms with Crippen LogP contribution in [0.15, 0.2) is 29.4 Å². The van der Waals surface area contributed by atoms with E-state index in [1.165, 1.54) is 0 Å². The molecule has 2 amide bonds. The van der Waals surface area contributed by atoms with Crippen molar-refractivity contribution in [3.63, 3.8) is 0 Å². The van der Waals surface area contributed by atoms with Crippen molar-refractivity contribution in [3.05, 3.63) is 29.8 Å². The van der Waals surface area contributed by atoms with Crippen molar-refractivity contribution in [2.45, 2.75) is 20.4 Å². The van der Waals surface area contributed by atoms with Gasteiger partial charge in [-0.25, -0.2) is 5.43 Å². The smallest absolute Gasteiger partial charge is 0.329 e. The van der Waals surface area contributed by atoms with Crippen LogP contribution in [0.1, 0.15) is 19.4 Å². The Morgan fingerprint density at radius 3 is 2.32 bits per heavy atom. The molecule has 1 rings (SSSR count). The summed E-state index contributed by atoms with van der Waals surface area (Å²) in [6.45, 7) is 3.70. The minimum absolute atomic E-state index is 0.269. The lowest BCUT2D eigenvalue weighted by Gasteiger charge is -2.05. The number of nitrogens with one attached hydrogen (secondary N) is 2. The Kier molecular flexibility index (Phi) is 5.53. The summed E-state index contributed by atoms with van der Waals surface area (Å²) in [5.74, 6) is -0.767. The summed E-state index contributed by atoms with van der Waals surface area (Å²) >= 11 is 0. The van der Waals surface area contributed by atoms with Gasteiger partial charge < -0.3 is 10.1 Å². The van der Waals surface area contributed by atoms with Gasteiger partial charge in [-0.1, -0.05) is 12.1 Å². The van der Waals surface area contributed by atoms with Crippen molar-refractivity contribution in [1.29, 1.82) is 0 Å². The van der Waals surface area contributed by atoms with E-state index < -0.39 is 11.8 Å². The molecular formula is C13H17N3O3. The molecule has 0 atom stereocenters. The molecule has 19 heavy (non-hydrogen) atoms. The molecule has 0 unspecified atom stereocenters. The van der Waals surface area contributed by atoms with Crippen LogP contribution in [0, 0.1) is 0 Å². The molecule has 2 N–H and O–H groups in total. The van der Waals surface area contributed by atoms with Gasteiger partial charge in [0.05, 0.1) is 7.11 Å². The number of nitrogens with zero attached hydrogens (tertiary/aromatic N) is 1. The number of carbonyl (C=O) groups excluding carboxylic acids is 2. The van der Waals surface area contributed by atoms with E-state index in [2.05, 4.69) is 15.8 Å². The van der Waals surface area contributed by atoms with Gasteiger partial charge in [0.2, 0.25) is 0 Å². The van der Waals surface area contributed by atoms with Crippen LogP contribution >= 0.6 is 0 Å². The van der Waals surface area contributed by atoms with Crippen molar-refractivity contribution in [1.82, 2.24) is 10.7 Å². The first-order valence-corrected chi connectivity index (χ1v) is 5.75. The molecule has 0 saturated heterocycles. The quantitative estimate of drug-likeness (QED) is 0.479. The highest BCUT2D eigenvalue weighted by Crippen LogP contribution is 2.10. The number of ether oxygens (including phenoxy) is 1. The minimum atomic E-state index is -0.783. The van der Waals surface area contributed by atoms with E-state index in [1.807, 2.05) is 12.1 Å². The van der Waals surface area contributed by atoms with Crippen molar-refractivity contribution in [2.24, 2.45) is 5.10 Å². The maximum atomic E-state index is 11.4. The maximum Gasteiger partial charge on any atom is 0.329 e. The molecule has 0 spiro atoms. The van der Waals surface area contributed by atoms with Crippen LogP contribution in [-0.2, 0) is 16.1 Å². The second-order valence-corrected chi connectivity index (χ2v) is 4.03. The first-order valence-electron chi connectivity index (χ1n) is 5.75. The van der Waals surface area contributed by atoms with Crippen LogP contribution in [0.2, 0.25) is 0 Å². The van der Waals surface area contributed by atoms with Gasteiger partial charge in [0.15, 0.2) is 0 Å². The standard InChI is InChI=1S/C13H17N3O3/c1-9(2)15-16-13(18)12(17)14-8-10-4-6-11(19-3)7-5-10/h4-7H,8H2,1-3H3,(H,14,17)(H,16,18). The Morgan fingerprint density at radius 2 is 1.79 bits per heavy atom. The molecule has 1 aromatic carbocycles. The Balaban J connectivity index is 2.44. The monoisotopic (exact) mass is 263 g/mol. The fourth-order valence-corrected chi connectivity index (χ4v) is 1.22. The molecule has 0 bridgehead atoms. The molecule has 6 nitrogen and oxygen atoms in total. The highest BCUT2D eigenvalue weighted by Gasteiger charge is 2.11. The third-order valence-electron chi connectivity index (χ3n) is 2.20. The van der Waals surface area contributed by atoms with Gasteiger partial charge in [-0.05, 0) is 31.5 Å². The summed E-state index contributed by atoms with van der Waals surface area (Å²) in [6, 6.07) is 7.19. The lowest BCUT2D eigenvalue weighted by atomic mass is 10.2. The van der Waals surface area contributed by atoms with E-state index in [9.17, 15) is 9.59 Å². The number of hydrazone groups is 1. The van der Waals surface area contributed by atoms with Crippen LogP contribution < -0.4 is 15.5 Å². The third-order valence-corrected chi connectivity index (χ3v) is 2.20. The average molecular weight is 263 g/mol. The third kappa shape index (κ3) is 5.20. The zero-order valence-corrected chi connectivity index (χ0v) is 11.2. The zero-order chi connectivity index (χ0) is 14.3. The van der Waals surface area contributed by atoms with Gasteiger partial charge in [0, 0.05) is 12.3 Å². The van der Waals surface area contributed by atoms with E-state index in [1.54, 1.807) is 33.1 Å². The van der Waals surface area contributed by atoms with Crippen molar-refractivity contribution in [2.75, 3.05) is 7.11 Å². The van der Waals surface area contributed by atoms with E-state index in [0.717, 1.165) is 11.3 Å². The highest BCUT2D eigenvalue weighted by atomic mass is 16.5. The first kappa shape index (κ1) is 14.7. The van der Waals surface area contributed by atoms with E-state index in [-0.39, 0.29) is 6.54 Å². The molecular weight excluding hydrogens is 246 g/mol. The summed E-state index contributed by atoms with van der Waals surface area (Å²) in [6.07, 6.45) is 0. The molecule has 0 aliphatic carbocycles. The maximum absolute atomic E-state index is 11.4. The summed E-state index contributed by atoms with van der Waals surface area (Å²) in [4.78, 5) is 22.8. The number of methoxy groups -OCH3 is 1. The molecule has 0 aliphatic heterocycles. The van der Waals surface area contributed by atoms with Gasteiger partial charge in [-0.15, -0.1) is 0 Å². The zero-order valence-electron chi connectivity index (χ0n) is 11.2. The molecule has 0 saturated carbocycles. The van der Waals surface area contributed by atoms with Gasteiger partial charge in [-0.3, -0.25) is 9.59 Å². The molecule has 0 aliphatic rings. The summed E-state index contributed by atoms with van der Waals surface area (Å²) in [5, 5.41) is 6.16.